The Hall–Kier alpha value is -1.92. The van der Waals surface area contributed by atoms with Gasteiger partial charge in [0.2, 0.25) is 0 Å². The second-order valence-corrected chi connectivity index (χ2v) is 6.11. The van der Waals surface area contributed by atoms with Gasteiger partial charge in [-0.1, -0.05) is 0 Å². The number of nitrogens with one attached hydrogen (secondary N) is 1. The number of nitrogen functional groups attached to an aromatic ring is 1. The van der Waals surface area contributed by atoms with Crippen molar-refractivity contribution in [3.63, 3.8) is 0 Å². The highest BCUT2D eigenvalue weighted by atomic mass is 16.5. The minimum atomic E-state index is 0.721. The predicted octanol–water partition coefficient (Wildman–Crippen LogP) is 1.96. The van der Waals surface area contributed by atoms with Crippen molar-refractivity contribution < 1.29 is 4.74 Å². The number of pyridine rings is 2. The SMILES string of the molecule is Cc1cc(C)c2c(N)cc(NCCCN3CCOCC3)nc2n1. The highest BCUT2D eigenvalue weighted by molar-refractivity contribution is 5.92. The average Bonchev–Trinajstić information content (AvgIpc) is 2.51. The minimum Gasteiger partial charge on any atom is -0.398 e. The van der Waals surface area contributed by atoms with Crippen LogP contribution >= 0.6 is 0 Å². The van der Waals surface area contributed by atoms with Crippen LogP contribution in [0.5, 0.6) is 0 Å². The number of nitrogens with zero attached hydrogens (tertiary/aromatic N) is 3. The third kappa shape index (κ3) is 3.89. The number of hydrogen-bond donors (Lipinski definition) is 2. The Bertz CT molecular complexity index is 682. The summed E-state index contributed by atoms with van der Waals surface area (Å²) < 4.78 is 5.36. The summed E-state index contributed by atoms with van der Waals surface area (Å²) in [6.45, 7) is 9.74. The number of rotatable bonds is 5. The van der Waals surface area contributed by atoms with E-state index in [1.165, 1.54) is 0 Å². The third-order valence-corrected chi connectivity index (χ3v) is 4.19. The van der Waals surface area contributed by atoms with Crippen molar-refractivity contribution in [3.8, 4) is 0 Å². The zero-order chi connectivity index (χ0) is 16.2. The summed E-state index contributed by atoms with van der Waals surface area (Å²) >= 11 is 0. The molecule has 0 bridgehead atoms. The molecule has 3 N–H and O–H groups in total. The van der Waals surface area contributed by atoms with Gasteiger partial charge in [-0.25, -0.2) is 9.97 Å². The summed E-state index contributed by atoms with van der Waals surface area (Å²) in [5.41, 5.74) is 9.73. The lowest BCUT2D eigenvalue weighted by Crippen LogP contribution is -2.37. The standard InChI is InChI=1S/C17H25N5O/c1-12-10-13(2)20-17-16(12)14(18)11-15(21-17)19-4-3-5-22-6-8-23-9-7-22/h10-11H,3-9H2,1-2H3,(H3,18,19,20,21). The van der Waals surface area contributed by atoms with Crippen molar-refractivity contribution in [2.75, 3.05) is 50.4 Å². The normalized spacial score (nSPS) is 15.9. The van der Waals surface area contributed by atoms with Gasteiger partial charge in [0.1, 0.15) is 5.82 Å². The molecule has 0 spiro atoms. The molecule has 2 aromatic heterocycles. The topological polar surface area (TPSA) is 76.3 Å². The van der Waals surface area contributed by atoms with E-state index < -0.39 is 0 Å². The summed E-state index contributed by atoms with van der Waals surface area (Å²) in [4.78, 5) is 11.5. The molecule has 3 heterocycles. The molecule has 3 rings (SSSR count). The first kappa shape index (κ1) is 16.0. The summed E-state index contributed by atoms with van der Waals surface area (Å²) in [5.74, 6) is 0.800. The lowest BCUT2D eigenvalue weighted by Gasteiger charge is -2.26. The van der Waals surface area contributed by atoms with Gasteiger partial charge >= 0.3 is 0 Å². The molecule has 0 aromatic carbocycles. The molecule has 2 aromatic rings. The zero-order valence-corrected chi connectivity index (χ0v) is 13.9. The molecule has 6 nitrogen and oxygen atoms in total. The van der Waals surface area contributed by atoms with Crippen LogP contribution in [0.25, 0.3) is 11.0 Å². The van der Waals surface area contributed by atoms with E-state index >= 15 is 0 Å². The van der Waals surface area contributed by atoms with Crippen LogP contribution in [0.4, 0.5) is 11.5 Å². The quantitative estimate of drug-likeness (QED) is 0.822. The van der Waals surface area contributed by atoms with Gasteiger partial charge in [-0.3, -0.25) is 4.90 Å². The Morgan fingerprint density at radius 1 is 1.22 bits per heavy atom. The number of anilines is 2. The molecular weight excluding hydrogens is 290 g/mol. The van der Waals surface area contributed by atoms with E-state index in [1.807, 2.05) is 26.0 Å². The summed E-state index contributed by atoms with van der Waals surface area (Å²) in [6, 6.07) is 3.94. The average molecular weight is 315 g/mol. The highest BCUT2D eigenvalue weighted by Crippen LogP contribution is 2.25. The maximum Gasteiger partial charge on any atom is 0.164 e. The molecular formula is C17H25N5O. The summed E-state index contributed by atoms with van der Waals surface area (Å²) in [5, 5.41) is 4.32. The fraction of sp³-hybridized carbons (Fsp3) is 0.529. The predicted molar refractivity (Wildman–Crippen MR) is 93.8 cm³/mol. The van der Waals surface area contributed by atoms with Crippen LogP contribution in [0.3, 0.4) is 0 Å². The number of morpholine rings is 1. The van der Waals surface area contributed by atoms with Crippen molar-refractivity contribution in [1.29, 1.82) is 0 Å². The third-order valence-electron chi connectivity index (χ3n) is 4.19. The molecule has 23 heavy (non-hydrogen) atoms. The first-order valence-electron chi connectivity index (χ1n) is 8.22. The minimum absolute atomic E-state index is 0.721. The van der Waals surface area contributed by atoms with Crippen LogP contribution in [-0.4, -0.2) is 54.3 Å². The van der Waals surface area contributed by atoms with Crippen LogP contribution < -0.4 is 11.1 Å². The molecule has 124 valence electrons. The van der Waals surface area contributed by atoms with Gasteiger partial charge in [-0.15, -0.1) is 0 Å². The molecule has 6 heteroatoms. The molecule has 0 aliphatic carbocycles. The van der Waals surface area contributed by atoms with Crippen molar-refractivity contribution >= 4 is 22.5 Å². The van der Waals surface area contributed by atoms with Gasteiger partial charge in [0.15, 0.2) is 5.65 Å². The van der Waals surface area contributed by atoms with E-state index in [-0.39, 0.29) is 0 Å². The Balaban J connectivity index is 1.61. The molecule has 0 unspecified atom stereocenters. The Labute approximate surface area is 137 Å². The first-order chi connectivity index (χ1) is 11.1. The van der Waals surface area contributed by atoms with Gasteiger partial charge in [-0.2, -0.15) is 0 Å². The van der Waals surface area contributed by atoms with Gasteiger partial charge in [0, 0.05) is 42.5 Å². The number of hydrogen-bond acceptors (Lipinski definition) is 6. The van der Waals surface area contributed by atoms with Gasteiger partial charge in [0.25, 0.3) is 0 Å². The Morgan fingerprint density at radius 3 is 2.78 bits per heavy atom. The van der Waals surface area contributed by atoms with Gasteiger partial charge in [0.05, 0.1) is 13.2 Å². The van der Waals surface area contributed by atoms with E-state index in [9.17, 15) is 0 Å². The number of aromatic nitrogens is 2. The molecule has 0 atom stereocenters. The van der Waals surface area contributed by atoms with Crippen molar-refractivity contribution in [2.45, 2.75) is 20.3 Å². The van der Waals surface area contributed by atoms with Crippen molar-refractivity contribution in [1.82, 2.24) is 14.9 Å². The van der Waals surface area contributed by atoms with Crippen LogP contribution in [0.15, 0.2) is 12.1 Å². The first-order valence-corrected chi connectivity index (χ1v) is 8.22. The Kier molecular flexibility index (Phi) is 4.93. The lowest BCUT2D eigenvalue weighted by molar-refractivity contribution is 0.0378. The zero-order valence-electron chi connectivity index (χ0n) is 13.9. The molecule has 1 saturated heterocycles. The number of fused-ring (bicyclic) bond motifs is 1. The maximum atomic E-state index is 6.19. The van der Waals surface area contributed by atoms with Crippen LogP contribution in [0, 0.1) is 13.8 Å². The van der Waals surface area contributed by atoms with Gasteiger partial charge in [-0.05, 0) is 38.4 Å². The second-order valence-electron chi connectivity index (χ2n) is 6.11. The lowest BCUT2D eigenvalue weighted by atomic mass is 10.1. The van der Waals surface area contributed by atoms with Crippen LogP contribution in [0.1, 0.15) is 17.7 Å². The largest absolute Gasteiger partial charge is 0.398 e. The Morgan fingerprint density at radius 2 is 2.00 bits per heavy atom. The smallest absolute Gasteiger partial charge is 0.164 e. The van der Waals surface area contributed by atoms with E-state index in [2.05, 4.69) is 20.2 Å². The van der Waals surface area contributed by atoms with E-state index in [0.29, 0.717) is 0 Å². The van der Waals surface area contributed by atoms with Crippen molar-refractivity contribution in [2.24, 2.45) is 0 Å². The summed E-state index contributed by atoms with van der Waals surface area (Å²) in [7, 11) is 0. The number of aryl methyl sites for hydroxylation is 2. The molecule has 1 fully saturated rings. The van der Waals surface area contributed by atoms with E-state index in [0.717, 1.165) is 79.6 Å². The summed E-state index contributed by atoms with van der Waals surface area (Å²) in [6.07, 6.45) is 1.07. The molecule has 0 saturated carbocycles. The monoisotopic (exact) mass is 315 g/mol. The fourth-order valence-corrected chi connectivity index (χ4v) is 3.06. The van der Waals surface area contributed by atoms with E-state index in [1.54, 1.807) is 0 Å². The molecule has 1 aliphatic rings. The maximum absolute atomic E-state index is 6.19. The highest BCUT2D eigenvalue weighted by Gasteiger charge is 2.10. The van der Waals surface area contributed by atoms with E-state index in [4.69, 9.17) is 10.5 Å². The molecule has 1 aliphatic heterocycles. The second kappa shape index (κ2) is 7.10. The number of ether oxygens (including phenoxy) is 1. The molecule has 0 amide bonds. The molecule has 0 radical (unpaired) electrons. The van der Waals surface area contributed by atoms with Gasteiger partial charge < -0.3 is 15.8 Å². The van der Waals surface area contributed by atoms with Crippen LogP contribution in [-0.2, 0) is 4.74 Å². The van der Waals surface area contributed by atoms with Crippen LogP contribution in [0.2, 0.25) is 0 Å². The van der Waals surface area contributed by atoms with Crippen molar-refractivity contribution in [3.05, 3.63) is 23.4 Å². The fourth-order valence-electron chi connectivity index (χ4n) is 3.06. The number of nitrogens with two attached hydrogens (primary N) is 1.